The predicted octanol–water partition coefficient (Wildman–Crippen LogP) is 5.14. The second-order valence-corrected chi connectivity index (χ2v) is 6.87. The molecule has 2 aromatic rings. The van der Waals surface area contributed by atoms with Crippen LogP contribution in [-0.4, -0.2) is 19.1 Å². The number of rotatable bonds is 5. The maximum atomic E-state index is 12.9. The Labute approximate surface area is 147 Å². The van der Waals surface area contributed by atoms with Crippen LogP contribution in [0.5, 0.6) is 5.75 Å². The molecule has 0 unspecified atom stereocenters. The van der Waals surface area contributed by atoms with Crippen molar-refractivity contribution in [2.24, 2.45) is 0 Å². The number of hydrogen-bond acceptors (Lipinski definition) is 3. The first-order valence-electron chi connectivity index (χ1n) is 8.45. The van der Waals surface area contributed by atoms with E-state index in [1.807, 2.05) is 46.7 Å². The van der Waals surface area contributed by atoms with Crippen molar-refractivity contribution in [3.8, 4) is 5.75 Å². The number of amides is 1. The normalized spacial score (nSPS) is 15.5. The van der Waals surface area contributed by atoms with Gasteiger partial charge in [0.2, 0.25) is 0 Å². The first-order valence-corrected chi connectivity index (χ1v) is 9.40. The zero-order chi connectivity index (χ0) is 16.8. The van der Waals surface area contributed by atoms with Crippen molar-refractivity contribution in [3.05, 3.63) is 52.7 Å². The van der Waals surface area contributed by atoms with Crippen molar-refractivity contribution in [2.45, 2.75) is 38.1 Å². The number of thiophene rings is 1. The zero-order valence-electron chi connectivity index (χ0n) is 14.0. The molecule has 1 aromatic carbocycles. The van der Waals surface area contributed by atoms with Crippen LogP contribution >= 0.6 is 11.3 Å². The largest absolute Gasteiger partial charge is 0.497 e. The van der Waals surface area contributed by atoms with Gasteiger partial charge in [-0.25, -0.2) is 0 Å². The molecule has 1 aromatic heterocycles. The molecule has 3 rings (SSSR count). The third kappa shape index (κ3) is 4.06. The minimum Gasteiger partial charge on any atom is -0.497 e. The highest BCUT2D eigenvalue weighted by Gasteiger charge is 2.25. The van der Waals surface area contributed by atoms with Gasteiger partial charge in [0.05, 0.1) is 12.8 Å². The number of nitrogens with zero attached hydrogens (tertiary/aromatic N) is 1. The van der Waals surface area contributed by atoms with Gasteiger partial charge in [0.15, 0.2) is 0 Å². The summed E-state index contributed by atoms with van der Waals surface area (Å²) in [5, 5.41) is 4.10. The Balaban J connectivity index is 1.76. The first-order chi connectivity index (χ1) is 11.8. The van der Waals surface area contributed by atoms with Crippen LogP contribution in [0.2, 0.25) is 0 Å². The molecule has 0 N–H and O–H groups in total. The van der Waals surface area contributed by atoms with Crippen molar-refractivity contribution in [1.82, 2.24) is 0 Å². The summed E-state index contributed by atoms with van der Waals surface area (Å²) < 4.78 is 5.16. The fourth-order valence-corrected chi connectivity index (χ4v) is 3.84. The molecule has 0 spiro atoms. The van der Waals surface area contributed by atoms with E-state index >= 15 is 0 Å². The molecule has 1 amide bonds. The second-order valence-electron chi connectivity index (χ2n) is 6.09. The zero-order valence-corrected chi connectivity index (χ0v) is 14.8. The van der Waals surface area contributed by atoms with Gasteiger partial charge < -0.3 is 9.64 Å². The number of benzene rings is 1. The Hall–Kier alpha value is -2.07. The number of carbonyl (C=O) groups is 1. The first kappa shape index (κ1) is 16.8. The van der Waals surface area contributed by atoms with Gasteiger partial charge >= 0.3 is 0 Å². The lowest BCUT2D eigenvalue weighted by Crippen LogP contribution is -2.40. The number of carbonyl (C=O) groups excluding carboxylic acids is 1. The second kappa shape index (κ2) is 8.15. The lowest BCUT2D eigenvalue weighted by molar-refractivity contribution is -0.114. The molecule has 0 saturated heterocycles. The molecule has 126 valence electrons. The quantitative estimate of drug-likeness (QED) is 0.705. The minimum absolute atomic E-state index is 0.0659. The highest BCUT2D eigenvalue weighted by molar-refractivity contribution is 7.08. The monoisotopic (exact) mass is 341 g/mol. The van der Waals surface area contributed by atoms with Gasteiger partial charge in [-0.3, -0.25) is 4.79 Å². The van der Waals surface area contributed by atoms with E-state index in [4.69, 9.17) is 4.74 Å². The SMILES string of the molecule is COc1ccc(C=CC(=O)N(c2ccsc2)C2CCCCC2)cc1. The standard InChI is InChI=1S/C20H23NO2S/c1-23-19-10-7-16(8-11-19)9-12-20(22)21(18-13-14-24-15-18)17-5-3-2-4-6-17/h7-15,17H,2-6H2,1H3. The summed E-state index contributed by atoms with van der Waals surface area (Å²) in [6.07, 6.45) is 9.46. The number of hydrogen-bond donors (Lipinski definition) is 0. The minimum atomic E-state index is 0.0659. The van der Waals surface area contributed by atoms with Crippen LogP contribution in [0.4, 0.5) is 5.69 Å². The van der Waals surface area contributed by atoms with Gasteiger partial charge in [0, 0.05) is 17.5 Å². The molecule has 1 saturated carbocycles. The van der Waals surface area contributed by atoms with Crippen molar-refractivity contribution >= 4 is 29.0 Å². The van der Waals surface area contributed by atoms with Gasteiger partial charge in [-0.05, 0) is 48.1 Å². The van der Waals surface area contributed by atoms with Crippen molar-refractivity contribution in [1.29, 1.82) is 0 Å². The number of ether oxygens (including phenoxy) is 1. The average molecular weight is 341 g/mol. The van der Waals surface area contributed by atoms with E-state index < -0.39 is 0 Å². The molecule has 1 aliphatic rings. The summed E-state index contributed by atoms with van der Waals surface area (Å²) in [6, 6.07) is 10.1. The summed E-state index contributed by atoms with van der Waals surface area (Å²) in [5.74, 6) is 0.886. The van der Waals surface area contributed by atoms with Gasteiger partial charge in [0.25, 0.3) is 5.91 Å². The maximum absolute atomic E-state index is 12.9. The highest BCUT2D eigenvalue weighted by Crippen LogP contribution is 2.29. The molecule has 1 heterocycles. The third-order valence-corrected chi connectivity index (χ3v) is 5.17. The fraction of sp³-hybridized carbons (Fsp3) is 0.350. The molecule has 4 heteroatoms. The highest BCUT2D eigenvalue weighted by atomic mass is 32.1. The molecule has 24 heavy (non-hydrogen) atoms. The van der Waals surface area contributed by atoms with Gasteiger partial charge in [-0.2, -0.15) is 11.3 Å². The fourth-order valence-electron chi connectivity index (χ4n) is 3.21. The molecule has 3 nitrogen and oxygen atoms in total. The molecular weight excluding hydrogens is 318 g/mol. The smallest absolute Gasteiger partial charge is 0.251 e. The van der Waals surface area contributed by atoms with Crippen LogP contribution in [0.25, 0.3) is 6.08 Å². The van der Waals surface area contributed by atoms with Gasteiger partial charge in [-0.15, -0.1) is 0 Å². The Morgan fingerprint density at radius 2 is 1.92 bits per heavy atom. The lowest BCUT2D eigenvalue weighted by Gasteiger charge is -2.33. The van der Waals surface area contributed by atoms with E-state index in [-0.39, 0.29) is 5.91 Å². The Bertz CT molecular complexity index is 670. The van der Waals surface area contributed by atoms with Crippen LogP contribution in [0.3, 0.4) is 0 Å². The van der Waals surface area contributed by atoms with Crippen LogP contribution in [0, 0.1) is 0 Å². The molecule has 0 bridgehead atoms. The van der Waals surface area contributed by atoms with E-state index in [1.165, 1.54) is 19.3 Å². The van der Waals surface area contributed by atoms with E-state index in [0.29, 0.717) is 6.04 Å². The number of anilines is 1. The van der Waals surface area contributed by atoms with Crippen molar-refractivity contribution < 1.29 is 9.53 Å². The topological polar surface area (TPSA) is 29.5 Å². The van der Waals surface area contributed by atoms with Crippen LogP contribution < -0.4 is 9.64 Å². The van der Waals surface area contributed by atoms with E-state index in [0.717, 1.165) is 29.8 Å². The maximum Gasteiger partial charge on any atom is 0.251 e. The molecule has 0 atom stereocenters. The van der Waals surface area contributed by atoms with Crippen LogP contribution in [0.1, 0.15) is 37.7 Å². The average Bonchev–Trinajstić information content (AvgIpc) is 3.15. The summed E-state index contributed by atoms with van der Waals surface area (Å²) in [4.78, 5) is 14.8. The summed E-state index contributed by atoms with van der Waals surface area (Å²) in [6.45, 7) is 0. The summed E-state index contributed by atoms with van der Waals surface area (Å²) >= 11 is 1.64. The van der Waals surface area contributed by atoms with Crippen molar-refractivity contribution in [2.75, 3.05) is 12.0 Å². The van der Waals surface area contributed by atoms with Crippen molar-refractivity contribution in [3.63, 3.8) is 0 Å². The summed E-state index contributed by atoms with van der Waals surface area (Å²) in [5.41, 5.74) is 2.02. The lowest BCUT2D eigenvalue weighted by atomic mass is 9.94. The molecule has 1 fully saturated rings. The Morgan fingerprint density at radius 3 is 2.54 bits per heavy atom. The van der Waals surface area contributed by atoms with Gasteiger partial charge in [-0.1, -0.05) is 31.4 Å². The molecule has 0 aliphatic heterocycles. The number of methoxy groups -OCH3 is 1. The third-order valence-electron chi connectivity index (χ3n) is 4.50. The molecule has 0 radical (unpaired) electrons. The Morgan fingerprint density at radius 1 is 1.17 bits per heavy atom. The predicted molar refractivity (Wildman–Crippen MR) is 101 cm³/mol. The Kier molecular flexibility index (Phi) is 5.70. The van der Waals surface area contributed by atoms with Gasteiger partial charge in [0.1, 0.15) is 5.75 Å². The van der Waals surface area contributed by atoms with E-state index in [9.17, 15) is 4.79 Å². The van der Waals surface area contributed by atoms with Crippen LogP contribution in [-0.2, 0) is 4.79 Å². The van der Waals surface area contributed by atoms with E-state index in [1.54, 1.807) is 24.5 Å². The molecule has 1 aliphatic carbocycles. The van der Waals surface area contributed by atoms with E-state index in [2.05, 4.69) is 5.38 Å². The molecular formula is C20H23NO2S. The van der Waals surface area contributed by atoms with Crippen LogP contribution in [0.15, 0.2) is 47.2 Å². The summed E-state index contributed by atoms with van der Waals surface area (Å²) in [7, 11) is 1.65.